The molecule has 1 heteroatoms. The molecule has 0 bridgehead atoms. The summed E-state index contributed by atoms with van der Waals surface area (Å²) in [6, 6.07) is 8.74. The minimum absolute atomic E-state index is 0.197. The van der Waals surface area contributed by atoms with Crippen molar-refractivity contribution in [1.29, 1.82) is 0 Å². The van der Waals surface area contributed by atoms with Crippen LogP contribution in [0, 0.1) is 0 Å². The zero-order chi connectivity index (χ0) is 11.8. The summed E-state index contributed by atoms with van der Waals surface area (Å²) in [6.45, 7) is 4.42. The molecule has 90 valence electrons. The molecule has 16 heavy (non-hydrogen) atoms. The first kappa shape index (κ1) is 13.6. The monoisotopic (exact) mass is 238 g/mol. The van der Waals surface area contributed by atoms with Crippen LogP contribution in [0.2, 0.25) is 0 Å². The van der Waals surface area contributed by atoms with E-state index < -0.39 is 0 Å². The maximum atomic E-state index is 6.38. The van der Waals surface area contributed by atoms with Crippen LogP contribution in [0.5, 0.6) is 0 Å². The van der Waals surface area contributed by atoms with Crippen LogP contribution in [0.3, 0.4) is 0 Å². The Bertz CT molecular complexity index is 276. The van der Waals surface area contributed by atoms with Crippen LogP contribution < -0.4 is 0 Å². The van der Waals surface area contributed by atoms with E-state index in [1.165, 1.54) is 36.8 Å². The van der Waals surface area contributed by atoms with Crippen molar-refractivity contribution in [1.82, 2.24) is 0 Å². The third-order valence-electron chi connectivity index (χ3n) is 3.06. The molecule has 0 aliphatic rings. The topological polar surface area (TPSA) is 0 Å². The molecule has 0 aliphatic heterocycles. The zero-order valence-corrected chi connectivity index (χ0v) is 11.3. The number of aryl methyl sites for hydroxylation is 1. The van der Waals surface area contributed by atoms with Crippen LogP contribution >= 0.6 is 11.6 Å². The Hall–Kier alpha value is -0.490. The molecular formula is C15H23Cl. The van der Waals surface area contributed by atoms with E-state index in [2.05, 4.69) is 38.1 Å². The van der Waals surface area contributed by atoms with Gasteiger partial charge in [-0.2, -0.15) is 0 Å². The normalized spacial score (nSPS) is 12.7. The molecule has 0 spiro atoms. The summed E-state index contributed by atoms with van der Waals surface area (Å²) in [4.78, 5) is 0. The van der Waals surface area contributed by atoms with E-state index in [1.807, 2.05) is 0 Å². The molecule has 0 saturated carbocycles. The summed E-state index contributed by atoms with van der Waals surface area (Å²) in [5.41, 5.74) is 2.66. The van der Waals surface area contributed by atoms with E-state index in [0.29, 0.717) is 0 Å². The predicted molar refractivity (Wildman–Crippen MR) is 73.2 cm³/mol. The van der Waals surface area contributed by atoms with Crippen molar-refractivity contribution in [2.24, 2.45) is 0 Å². The first-order valence-corrected chi connectivity index (χ1v) is 6.94. The molecule has 1 atom stereocenters. The van der Waals surface area contributed by atoms with Crippen molar-refractivity contribution >= 4 is 11.6 Å². The average Bonchev–Trinajstić information content (AvgIpc) is 2.34. The van der Waals surface area contributed by atoms with Gasteiger partial charge in [0.1, 0.15) is 0 Å². The SMILES string of the molecule is CCCCCCC(Cl)c1ccc(CC)cc1. The summed E-state index contributed by atoms with van der Waals surface area (Å²) in [5, 5.41) is 0.197. The van der Waals surface area contributed by atoms with Gasteiger partial charge in [-0.05, 0) is 24.0 Å². The van der Waals surface area contributed by atoms with Crippen molar-refractivity contribution in [2.75, 3.05) is 0 Å². The first-order valence-electron chi connectivity index (χ1n) is 6.50. The maximum Gasteiger partial charge on any atom is 0.0585 e. The van der Waals surface area contributed by atoms with E-state index in [0.717, 1.165) is 12.8 Å². The fraction of sp³-hybridized carbons (Fsp3) is 0.600. The smallest absolute Gasteiger partial charge is 0.0585 e. The van der Waals surface area contributed by atoms with E-state index in [9.17, 15) is 0 Å². The van der Waals surface area contributed by atoms with Crippen molar-refractivity contribution in [3.05, 3.63) is 35.4 Å². The van der Waals surface area contributed by atoms with E-state index in [-0.39, 0.29) is 5.38 Å². The lowest BCUT2D eigenvalue weighted by Crippen LogP contribution is -1.91. The minimum atomic E-state index is 0.197. The molecule has 0 aromatic heterocycles. The molecule has 0 nitrogen and oxygen atoms in total. The Morgan fingerprint density at radius 2 is 1.69 bits per heavy atom. The van der Waals surface area contributed by atoms with Gasteiger partial charge in [0.2, 0.25) is 0 Å². The van der Waals surface area contributed by atoms with Crippen molar-refractivity contribution in [3.63, 3.8) is 0 Å². The third kappa shape index (κ3) is 4.57. The molecule has 1 unspecified atom stereocenters. The van der Waals surface area contributed by atoms with Gasteiger partial charge in [0, 0.05) is 0 Å². The van der Waals surface area contributed by atoms with Crippen LogP contribution in [-0.4, -0.2) is 0 Å². The van der Waals surface area contributed by atoms with Gasteiger partial charge in [-0.1, -0.05) is 63.8 Å². The van der Waals surface area contributed by atoms with Gasteiger partial charge in [-0.15, -0.1) is 11.6 Å². The highest BCUT2D eigenvalue weighted by molar-refractivity contribution is 6.20. The first-order chi connectivity index (χ1) is 7.77. The van der Waals surface area contributed by atoms with Crippen molar-refractivity contribution in [2.45, 2.75) is 57.7 Å². The maximum absolute atomic E-state index is 6.38. The third-order valence-corrected chi connectivity index (χ3v) is 3.53. The Morgan fingerprint density at radius 3 is 2.25 bits per heavy atom. The second kappa shape index (κ2) is 7.73. The summed E-state index contributed by atoms with van der Waals surface area (Å²) < 4.78 is 0. The molecule has 0 aliphatic carbocycles. The highest BCUT2D eigenvalue weighted by atomic mass is 35.5. The molecule has 1 rings (SSSR count). The van der Waals surface area contributed by atoms with Crippen LogP contribution in [0.4, 0.5) is 0 Å². The largest absolute Gasteiger partial charge is 0.118 e. The second-order valence-corrected chi connectivity index (χ2v) is 4.94. The van der Waals surface area contributed by atoms with Crippen molar-refractivity contribution in [3.8, 4) is 0 Å². The molecule has 0 radical (unpaired) electrons. The lowest BCUT2D eigenvalue weighted by Gasteiger charge is -2.10. The lowest BCUT2D eigenvalue weighted by atomic mass is 10.0. The van der Waals surface area contributed by atoms with Gasteiger partial charge in [0.15, 0.2) is 0 Å². The standard InChI is InChI=1S/C15H23Cl/c1-3-5-6-7-8-15(16)14-11-9-13(4-2)10-12-14/h9-12,15H,3-8H2,1-2H3. The van der Waals surface area contributed by atoms with Gasteiger partial charge >= 0.3 is 0 Å². The van der Waals surface area contributed by atoms with E-state index >= 15 is 0 Å². The van der Waals surface area contributed by atoms with E-state index in [4.69, 9.17) is 11.6 Å². The number of hydrogen-bond donors (Lipinski definition) is 0. The van der Waals surface area contributed by atoms with Gasteiger partial charge < -0.3 is 0 Å². The molecule has 0 N–H and O–H groups in total. The fourth-order valence-electron chi connectivity index (χ4n) is 1.88. The summed E-state index contributed by atoms with van der Waals surface area (Å²) in [6.07, 6.45) is 7.39. The number of unbranched alkanes of at least 4 members (excludes halogenated alkanes) is 3. The van der Waals surface area contributed by atoms with Gasteiger partial charge in [-0.25, -0.2) is 0 Å². The summed E-state index contributed by atoms with van der Waals surface area (Å²) >= 11 is 6.38. The number of halogens is 1. The molecule has 0 fully saturated rings. The number of hydrogen-bond acceptors (Lipinski definition) is 0. The van der Waals surface area contributed by atoms with Crippen LogP contribution in [-0.2, 0) is 6.42 Å². The van der Waals surface area contributed by atoms with Crippen LogP contribution in [0.15, 0.2) is 24.3 Å². The molecule has 1 aromatic carbocycles. The Morgan fingerprint density at radius 1 is 1.00 bits per heavy atom. The van der Waals surface area contributed by atoms with Gasteiger partial charge in [0.05, 0.1) is 5.38 Å². The quantitative estimate of drug-likeness (QED) is 0.435. The lowest BCUT2D eigenvalue weighted by molar-refractivity contribution is 0.624. The van der Waals surface area contributed by atoms with E-state index in [1.54, 1.807) is 0 Å². The summed E-state index contributed by atoms with van der Waals surface area (Å²) in [5.74, 6) is 0. The number of rotatable bonds is 7. The van der Waals surface area contributed by atoms with Gasteiger partial charge in [0.25, 0.3) is 0 Å². The Kier molecular flexibility index (Phi) is 6.56. The highest BCUT2D eigenvalue weighted by Crippen LogP contribution is 2.26. The molecular weight excluding hydrogens is 216 g/mol. The number of benzene rings is 1. The highest BCUT2D eigenvalue weighted by Gasteiger charge is 2.06. The minimum Gasteiger partial charge on any atom is -0.118 e. The molecule has 0 amide bonds. The fourth-order valence-corrected chi connectivity index (χ4v) is 2.18. The van der Waals surface area contributed by atoms with Gasteiger partial charge in [-0.3, -0.25) is 0 Å². The number of alkyl halides is 1. The average molecular weight is 239 g/mol. The second-order valence-electron chi connectivity index (χ2n) is 4.41. The van der Waals surface area contributed by atoms with Crippen LogP contribution in [0.1, 0.15) is 62.5 Å². The Labute approximate surface area is 105 Å². The summed E-state index contributed by atoms with van der Waals surface area (Å²) in [7, 11) is 0. The van der Waals surface area contributed by atoms with Crippen LogP contribution in [0.25, 0.3) is 0 Å². The van der Waals surface area contributed by atoms with Crippen molar-refractivity contribution < 1.29 is 0 Å². The molecule has 0 saturated heterocycles. The zero-order valence-electron chi connectivity index (χ0n) is 10.5. The Balaban J connectivity index is 2.37. The predicted octanol–water partition coefficient (Wildman–Crippen LogP) is 5.50. The molecule has 0 heterocycles. The molecule has 1 aromatic rings.